The molecule has 22 heavy (non-hydrogen) atoms. The fourth-order valence-electron chi connectivity index (χ4n) is 3.06. The normalized spacial score (nSPS) is 25.2. The Morgan fingerprint density at radius 3 is 2.59 bits per heavy atom. The van der Waals surface area contributed by atoms with E-state index in [0.29, 0.717) is 11.6 Å². The van der Waals surface area contributed by atoms with Gasteiger partial charge in [0, 0.05) is 36.8 Å². The zero-order valence-electron chi connectivity index (χ0n) is 13.0. The summed E-state index contributed by atoms with van der Waals surface area (Å²) in [5.41, 5.74) is -0.623. The van der Waals surface area contributed by atoms with Crippen LogP contribution >= 0.6 is 0 Å². The zero-order valence-corrected chi connectivity index (χ0v) is 13.0. The number of benzene rings is 1. The van der Waals surface area contributed by atoms with Gasteiger partial charge < -0.3 is 5.32 Å². The lowest BCUT2D eigenvalue weighted by Gasteiger charge is -2.42. The average Bonchev–Trinajstić information content (AvgIpc) is 2.45. The average molecular weight is 318 g/mol. The monoisotopic (exact) mass is 318 g/mol. The Morgan fingerprint density at radius 2 is 2.05 bits per heavy atom. The van der Waals surface area contributed by atoms with Crippen LogP contribution in [0, 0.1) is 5.82 Å². The molecule has 1 fully saturated rings. The van der Waals surface area contributed by atoms with Crippen molar-refractivity contribution in [1.29, 1.82) is 0 Å². The maximum Gasteiger partial charge on any atom is 0.416 e. The van der Waals surface area contributed by atoms with Crippen LogP contribution in [0.25, 0.3) is 0 Å². The van der Waals surface area contributed by atoms with Crippen LogP contribution in [0.5, 0.6) is 0 Å². The molecule has 0 spiro atoms. The van der Waals surface area contributed by atoms with E-state index in [1.807, 2.05) is 6.92 Å². The Kier molecular flexibility index (Phi) is 5.12. The molecular weight excluding hydrogens is 296 g/mol. The van der Waals surface area contributed by atoms with Crippen LogP contribution < -0.4 is 5.32 Å². The molecule has 1 saturated heterocycles. The van der Waals surface area contributed by atoms with Gasteiger partial charge in [-0.3, -0.25) is 4.90 Å². The molecule has 0 radical (unpaired) electrons. The highest BCUT2D eigenvalue weighted by Gasteiger charge is 2.33. The third-order valence-electron chi connectivity index (χ3n) is 4.40. The van der Waals surface area contributed by atoms with Gasteiger partial charge in [-0.15, -0.1) is 0 Å². The minimum Gasteiger partial charge on any atom is -0.311 e. The van der Waals surface area contributed by atoms with E-state index in [-0.39, 0.29) is 18.1 Å². The zero-order chi connectivity index (χ0) is 16.5. The first-order valence-corrected chi connectivity index (χ1v) is 7.59. The lowest BCUT2D eigenvalue weighted by molar-refractivity contribution is -0.137. The highest BCUT2D eigenvalue weighted by atomic mass is 19.4. The molecule has 0 aliphatic carbocycles. The molecule has 1 unspecified atom stereocenters. The topological polar surface area (TPSA) is 15.3 Å². The second-order valence-corrected chi connectivity index (χ2v) is 5.98. The molecule has 6 heteroatoms. The minimum atomic E-state index is -4.52. The first kappa shape index (κ1) is 17.2. The van der Waals surface area contributed by atoms with Crippen molar-refractivity contribution in [3.63, 3.8) is 0 Å². The van der Waals surface area contributed by atoms with Crippen LogP contribution in [0.2, 0.25) is 0 Å². The maximum absolute atomic E-state index is 14.2. The Labute approximate surface area is 128 Å². The van der Waals surface area contributed by atoms with Gasteiger partial charge in [0.05, 0.1) is 5.56 Å². The number of alkyl halides is 3. The Morgan fingerprint density at radius 1 is 1.36 bits per heavy atom. The quantitative estimate of drug-likeness (QED) is 0.848. The molecule has 0 aromatic heterocycles. The maximum atomic E-state index is 14.2. The summed E-state index contributed by atoms with van der Waals surface area (Å²) in [6.07, 6.45) is -3.61. The van der Waals surface area contributed by atoms with E-state index >= 15 is 0 Å². The van der Waals surface area contributed by atoms with Crippen LogP contribution in [-0.4, -0.2) is 30.1 Å². The van der Waals surface area contributed by atoms with Crippen molar-refractivity contribution >= 4 is 0 Å². The van der Waals surface area contributed by atoms with Gasteiger partial charge in [-0.05, 0) is 32.4 Å². The van der Waals surface area contributed by atoms with E-state index in [0.717, 1.165) is 25.6 Å². The van der Waals surface area contributed by atoms with Crippen molar-refractivity contribution in [1.82, 2.24) is 10.2 Å². The van der Waals surface area contributed by atoms with Crippen molar-refractivity contribution in [2.75, 3.05) is 13.1 Å². The Balaban J connectivity index is 2.26. The first-order chi connectivity index (χ1) is 10.2. The second kappa shape index (κ2) is 6.54. The number of nitrogens with one attached hydrogen (secondary N) is 1. The minimum absolute atomic E-state index is 0.253. The van der Waals surface area contributed by atoms with Crippen LogP contribution in [-0.2, 0) is 6.18 Å². The Bertz CT molecular complexity index is 515. The summed E-state index contributed by atoms with van der Waals surface area (Å²) in [7, 11) is 0. The molecule has 0 bridgehead atoms. The van der Waals surface area contributed by atoms with Gasteiger partial charge in [-0.2, -0.15) is 13.2 Å². The summed E-state index contributed by atoms with van der Waals surface area (Å²) >= 11 is 0. The highest BCUT2D eigenvalue weighted by molar-refractivity contribution is 5.28. The number of hydrogen-bond donors (Lipinski definition) is 1. The molecular formula is C16H22F4N2. The van der Waals surface area contributed by atoms with Gasteiger partial charge in [0.15, 0.2) is 0 Å². The highest BCUT2D eigenvalue weighted by Crippen LogP contribution is 2.33. The molecule has 0 saturated carbocycles. The van der Waals surface area contributed by atoms with Crippen molar-refractivity contribution in [3.8, 4) is 0 Å². The summed E-state index contributed by atoms with van der Waals surface area (Å²) in [5, 5.41) is 3.38. The number of halogens is 4. The number of hydrogen-bond acceptors (Lipinski definition) is 2. The van der Waals surface area contributed by atoms with Gasteiger partial charge in [0.2, 0.25) is 0 Å². The molecule has 1 heterocycles. The van der Waals surface area contributed by atoms with Gasteiger partial charge in [-0.1, -0.05) is 13.0 Å². The summed E-state index contributed by atoms with van der Waals surface area (Å²) in [4.78, 5) is 2.17. The van der Waals surface area contributed by atoms with E-state index in [2.05, 4.69) is 24.1 Å². The van der Waals surface area contributed by atoms with Crippen molar-refractivity contribution < 1.29 is 17.6 Å². The molecule has 1 aliphatic heterocycles. The fraction of sp³-hybridized carbons (Fsp3) is 0.625. The third kappa shape index (κ3) is 3.60. The first-order valence-electron chi connectivity index (χ1n) is 7.59. The van der Waals surface area contributed by atoms with E-state index in [1.54, 1.807) is 0 Å². The third-order valence-corrected chi connectivity index (χ3v) is 4.40. The van der Waals surface area contributed by atoms with Gasteiger partial charge in [0.1, 0.15) is 5.82 Å². The standard InChI is InChI=1S/C16H22F4N2/c1-4-13-8-21-10(2)9-22(13)11(3)14-6-5-12(7-15(14)17)16(18,19)20/h5-7,10-11,13,21H,4,8-9H2,1-3H3/t10-,11?,13+/m0/s1. The van der Waals surface area contributed by atoms with Crippen LogP contribution in [0.1, 0.15) is 44.4 Å². The lowest BCUT2D eigenvalue weighted by atomic mass is 9.98. The second-order valence-electron chi connectivity index (χ2n) is 5.98. The van der Waals surface area contributed by atoms with Crippen LogP contribution in [0.4, 0.5) is 17.6 Å². The molecule has 1 aromatic carbocycles. The van der Waals surface area contributed by atoms with E-state index < -0.39 is 17.6 Å². The predicted octanol–water partition coefficient (Wildman–Crippen LogP) is 3.98. The van der Waals surface area contributed by atoms with Crippen molar-refractivity contribution in [2.24, 2.45) is 0 Å². The number of rotatable bonds is 3. The Hall–Kier alpha value is -1.14. The van der Waals surface area contributed by atoms with Crippen molar-refractivity contribution in [2.45, 2.75) is 51.5 Å². The number of piperazine rings is 1. The number of nitrogens with zero attached hydrogens (tertiary/aromatic N) is 1. The van der Waals surface area contributed by atoms with E-state index in [4.69, 9.17) is 0 Å². The molecule has 1 N–H and O–H groups in total. The summed E-state index contributed by atoms with van der Waals surface area (Å²) in [6.45, 7) is 7.52. The molecule has 124 valence electrons. The smallest absolute Gasteiger partial charge is 0.311 e. The molecule has 2 nitrogen and oxygen atoms in total. The molecule has 1 aliphatic rings. The largest absolute Gasteiger partial charge is 0.416 e. The fourth-order valence-corrected chi connectivity index (χ4v) is 3.06. The molecule has 2 rings (SSSR count). The van der Waals surface area contributed by atoms with Crippen LogP contribution in [0.15, 0.2) is 18.2 Å². The van der Waals surface area contributed by atoms with Gasteiger partial charge >= 0.3 is 6.18 Å². The summed E-state index contributed by atoms with van der Waals surface area (Å²) in [6, 6.07) is 3.11. The molecule has 1 aromatic rings. The SMILES string of the molecule is CC[C@@H]1CN[C@@H](C)CN1C(C)c1ccc(C(F)(F)F)cc1F. The molecule has 0 amide bonds. The predicted molar refractivity (Wildman–Crippen MR) is 78.1 cm³/mol. The van der Waals surface area contributed by atoms with E-state index in [1.165, 1.54) is 6.07 Å². The summed E-state index contributed by atoms with van der Waals surface area (Å²) in [5.74, 6) is -0.789. The summed E-state index contributed by atoms with van der Waals surface area (Å²) < 4.78 is 52.1. The van der Waals surface area contributed by atoms with Gasteiger partial charge in [0.25, 0.3) is 0 Å². The lowest BCUT2D eigenvalue weighted by Crippen LogP contribution is -2.55. The van der Waals surface area contributed by atoms with Gasteiger partial charge in [-0.25, -0.2) is 4.39 Å². The van der Waals surface area contributed by atoms with Crippen molar-refractivity contribution in [3.05, 3.63) is 35.1 Å². The van der Waals surface area contributed by atoms with E-state index in [9.17, 15) is 17.6 Å². The molecule has 3 atom stereocenters. The van der Waals surface area contributed by atoms with Crippen LogP contribution in [0.3, 0.4) is 0 Å².